The number of hydrogen-bond acceptors (Lipinski definition) is 4. The van der Waals surface area contributed by atoms with Crippen molar-refractivity contribution in [3.8, 4) is 0 Å². The first kappa shape index (κ1) is 10.9. The van der Waals surface area contributed by atoms with Crippen molar-refractivity contribution in [1.82, 2.24) is 4.90 Å². The summed E-state index contributed by atoms with van der Waals surface area (Å²) in [4.78, 5) is 17.3. The summed E-state index contributed by atoms with van der Waals surface area (Å²) in [6.45, 7) is 5.15. The van der Waals surface area contributed by atoms with E-state index in [1.807, 2.05) is 6.92 Å². The van der Waals surface area contributed by atoms with Crippen LogP contribution in [0.5, 0.6) is 0 Å². The molecule has 0 aliphatic carbocycles. The standard InChI is InChI=1S/C10H16N2O2/c1-8(11-14-9(2)13)10-5-4-6-12(3)7-10/h5H,4,6-7H2,1-3H3/b11-8+. The van der Waals surface area contributed by atoms with Crippen molar-refractivity contribution in [3.63, 3.8) is 0 Å². The maximum absolute atomic E-state index is 10.5. The predicted molar refractivity (Wildman–Crippen MR) is 55.1 cm³/mol. The monoisotopic (exact) mass is 196 g/mol. The van der Waals surface area contributed by atoms with E-state index < -0.39 is 0 Å². The van der Waals surface area contributed by atoms with E-state index in [9.17, 15) is 4.79 Å². The molecule has 0 atom stereocenters. The van der Waals surface area contributed by atoms with Crippen LogP contribution in [0, 0.1) is 0 Å². The molecule has 0 N–H and O–H groups in total. The van der Waals surface area contributed by atoms with E-state index in [2.05, 4.69) is 28.0 Å². The average molecular weight is 196 g/mol. The van der Waals surface area contributed by atoms with E-state index in [0.717, 1.165) is 30.8 Å². The van der Waals surface area contributed by atoms with Crippen molar-refractivity contribution in [3.05, 3.63) is 11.6 Å². The molecule has 1 aliphatic rings. The number of nitrogens with zero attached hydrogens (tertiary/aromatic N) is 2. The van der Waals surface area contributed by atoms with E-state index >= 15 is 0 Å². The molecular weight excluding hydrogens is 180 g/mol. The smallest absolute Gasteiger partial charge is 0.318 e. The lowest BCUT2D eigenvalue weighted by atomic mass is 10.1. The summed E-state index contributed by atoms with van der Waals surface area (Å²) in [7, 11) is 2.06. The molecule has 0 fully saturated rings. The molecule has 0 saturated heterocycles. The second-order valence-corrected chi connectivity index (χ2v) is 3.52. The summed E-state index contributed by atoms with van der Waals surface area (Å²) >= 11 is 0. The molecule has 1 aliphatic heterocycles. The minimum atomic E-state index is -0.380. The molecule has 4 heteroatoms. The summed E-state index contributed by atoms with van der Waals surface area (Å²) in [5.74, 6) is -0.380. The number of likely N-dealkylation sites (N-methyl/N-ethyl adjacent to an activating group) is 1. The highest BCUT2D eigenvalue weighted by atomic mass is 16.7. The molecule has 78 valence electrons. The van der Waals surface area contributed by atoms with Crippen molar-refractivity contribution in [2.75, 3.05) is 20.1 Å². The van der Waals surface area contributed by atoms with Crippen LogP contribution in [0.1, 0.15) is 20.3 Å². The third-order valence-corrected chi connectivity index (χ3v) is 2.12. The topological polar surface area (TPSA) is 41.9 Å². The quantitative estimate of drug-likeness (QED) is 0.378. The Balaban J connectivity index is 2.59. The lowest BCUT2D eigenvalue weighted by molar-refractivity contribution is -0.140. The highest BCUT2D eigenvalue weighted by Crippen LogP contribution is 2.09. The molecule has 0 unspecified atom stereocenters. The third-order valence-electron chi connectivity index (χ3n) is 2.12. The summed E-state index contributed by atoms with van der Waals surface area (Å²) in [5.41, 5.74) is 1.92. The zero-order valence-corrected chi connectivity index (χ0v) is 8.91. The number of carbonyl (C=O) groups excluding carboxylic acids is 1. The van der Waals surface area contributed by atoms with Gasteiger partial charge in [0.15, 0.2) is 0 Å². The molecule has 4 nitrogen and oxygen atoms in total. The summed E-state index contributed by atoms with van der Waals surface area (Å²) in [5, 5.41) is 3.75. The van der Waals surface area contributed by atoms with Crippen molar-refractivity contribution in [1.29, 1.82) is 0 Å². The second-order valence-electron chi connectivity index (χ2n) is 3.52. The third kappa shape index (κ3) is 3.30. The highest BCUT2D eigenvalue weighted by Gasteiger charge is 2.11. The summed E-state index contributed by atoms with van der Waals surface area (Å²) in [6, 6.07) is 0. The fourth-order valence-electron chi connectivity index (χ4n) is 1.35. The predicted octanol–water partition coefficient (Wildman–Crippen LogP) is 1.19. The Bertz CT molecular complexity index is 282. The molecule has 1 rings (SSSR count). The van der Waals surface area contributed by atoms with Gasteiger partial charge in [0, 0.05) is 20.0 Å². The number of hydrogen-bond donors (Lipinski definition) is 0. The fourth-order valence-corrected chi connectivity index (χ4v) is 1.35. The van der Waals surface area contributed by atoms with Gasteiger partial charge >= 0.3 is 5.97 Å². The van der Waals surface area contributed by atoms with Crippen LogP contribution in [0.3, 0.4) is 0 Å². The van der Waals surface area contributed by atoms with Crippen molar-refractivity contribution in [2.45, 2.75) is 20.3 Å². The van der Waals surface area contributed by atoms with E-state index in [0.29, 0.717) is 0 Å². The molecule has 0 aromatic heterocycles. The van der Waals surface area contributed by atoms with Gasteiger partial charge in [0.25, 0.3) is 0 Å². The Kier molecular flexibility index (Phi) is 3.83. The zero-order chi connectivity index (χ0) is 10.6. The molecule has 14 heavy (non-hydrogen) atoms. The Morgan fingerprint density at radius 3 is 2.86 bits per heavy atom. The Labute approximate surface area is 84.2 Å². The van der Waals surface area contributed by atoms with Crippen LogP contribution in [0.15, 0.2) is 16.8 Å². The van der Waals surface area contributed by atoms with Crippen molar-refractivity contribution < 1.29 is 9.63 Å². The van der Waals surface area contributed by atoms with Gasteiger partial charge in [-0.2, -0.15) is 0 Å². The number of oxime groups is 1. The van der Waals surface area contributed by atoms with Crippen LogP contribution >= 0.6 is 0 Å². The Hall–Kier alpha value is -1.16. The maximum atomic E-state index is 10.5. The van der Waals surface area contributed by atoms with E-state index in [-0.39, 0.29) is 5.97 Å². The number of rotatable bonds is 2. The summed E-state index contributed by atoms with van der Waals surface area (Å²) in [6.07, 6.45) is 3.17. The zero-order valence-electron chi connectivity index (χ0n) is 8.91. The summed E-state index contributed by atoms with van der Waals surface area (Å²) < 4.78 is 0. The van der Waals surface area contributed by atoms with E-state index in [1.54, 1.807) is 0 Å². The molecule has 0 spiro atoms. The van der Waals surface area contributed by atoms with Gasteiger partial charge in [-0.3, -0.25) is 0 Å². The van der Waals surface area contributed by atoms with Crippen molar-refractivity contribution >= 4 is 11.7 Å². The highest BCUT2D eigenvalue weighted by molar-refractivity contribution is 5.98. The van der Waals surface area contributed by atoms with Gasteiger partial charge in [0.2, 0.25) is 0 Å². The van der Waals surface area contributed by atoms with Gasteiger partial charge in [0.1, 0.15) is 0 Å². The molecule has 0 radical (unpaired) electrons. The normalized spacial score (nSPS) is 19.1. The second kappa shape index (κ2) is 4.91. The number of carbonyl (C=O) groups is 1. The largest absolute Gasteiger partial charge is 0.331 e. The van der Waals surface area contributed by atoms with Crippen LogP contribution in [0.2, 0.25) is 0 Å². The van der Waals surface area contributed by atoms with Crippen LogP contribution in [0.25, 0.3) is 0 Å². The van der Waals surface area contributed by atoms with Gasteiger partial charge < -0.3 is 9.74 Å². The first-order valence-electron chi connectivity index (χ1n) is 4.69. The van der Waals surface area contributed by atoms with Crippen LogP contribution < -0.4 is 0 Å². The van der Waals surface area contributed by atoms with Crippen LogP contribution in [-0.4, -0.2) is 36.7 Å². The molecule has 1 heterocycles. The lowest BCUT2D eigenvalue weighted by Crippen LogP contribution is -2.28. The minimum absolute atomic E-state index is 0.380. The average Bonchev–Trinajstić information content (AvgIpc) is 2.14. The van der Waals surface area contributed by atoms with Crippen molar-refractivity contribution in [2.24, 2.45) is 5.16 Å². The molecule has 0 saturated carbocycles. The first-order valence-corrected chi connectivity index (χ1v) is 4.69. The van der Waals surface area contributed by atoms with Gasteiger partial charge in [-0.15, -0.1) is 0 Å². The van der Waals surface area contributed by atoms with Crippen LogP contribution in [0.4, 0.5) is 0 Å². The van der Waals surface area contributed by atoms with Crippen LogP contribution in [-0.2, 0) is 9.63 Å². The first-order chi connectivity index (χ1) is 6.59. The minimum Gasteiger partial charge on any atom is -0.318 e. The molecule has 0 aromatic rings. The van der Waals surface area contributed by atoms with E-state index in [1.165, 1.54) is 6.92 Å². The maximum Gasteiger partial charge on any atom is 0.331 e. The molecule has 0 aromatic carbocycles. The molecule has 0 bridgehead atoms. The van der Waals surface area contributed by atoms with Gasteiger partial charge in [-0.25, -0.2) is 4.79 Å². The lowest BCUT2D eigenvalue weighted by Gasteiger charge is -2.22. The fraction of sp³-hybridized carbons (Fsp3) is 0.600. The Morgan fingerprint density at radius 2 is 2.29 bits per heavy atom. The SMILES string of the molecule is CC(=O)O/N=C(\C)C1=CCCN(C)C1. The van der Waals surface area contributed by atoms with Gasteiger partial charge in [0.05, 0.1) is 5.71 Å². The van der Waals surface area contributed by atoms with E-state index in [4.69, 9.17) is 0 Å². The Morgan fingerprint density at radius 1 is 1.57 bits per heavy atom. The van der Waals surface area contributed by atoms with Gasteiger partial charge in [-0.05, 0) is 26.0 Å². The molecular formula is C10H16N2O2. The van der Waals surface area contributed by atoms with Gasteiger partial charge in [-0.1, -0.05) is 11.2 Å². The molecule has 0 amide bonds.